The van der Waals surface area contributed by atoms with E-state index in [9.17, 15) is 9.90 Å². The van der Waals surface area contributed by atoms with Crippen molar-refractivity contribution < 1.29 is 14.6 Å². The molecule has 1 rings (SSSR count). The van der Waals surface area contributed by atoms with Crippen LogP contribution in [0.1, 0.15) is 33.6 Å². The molecule has 0 atom stereocenters. The van der Waals surface area contributed by atoms with Gasteiger partial charge in [-0.1, -0.05) is 0 Å². The minimum absolute atomic E-state index is 0.0200. The van der Waals surface area contributed by atoms with Crippen molar-refractivity contribution in [3.63, 3.8) is 0 Å². The molecule has 4 N–H and O–H groups in total. The van der Waals surface area contributed by atoms with Gasteiger partial charge in [0.15, 0.2) is 0 Å². The van der Waals surface area contributed by atoms with Gasteiger partial charge in [-0.3, -0.25) is 0 Å². The Hall–Kier alpha value is -0.810. The number of amides is 1. The number of carbonyl (C=O) groups is 1. The zero-order valence-corrected chi connectivity index (χ0v) is 9.54. The molecule has 0 aromatic heterocycles. The largest absolute Gasteiger partial charge is 0.444 e. The zero-order valence-electron chi connectivity index (χ0n) is 9.54. The number of nitrogens with two attached hydrogens (primary N) is 1. The highest BCUT2D eigenvalue weighted by molar-refractivity contribution is 5.68. The smallest absolute Gasteiger partial charge is 0.407 e. The maximum absolute atomic E-state index is 11.3. The lowest BCUT2D eigenvalue weighted by Gasteiger charge is -2.43. The van der Waals surface area contributed by atoms with Gasteiger partial charge in [-0.15, -0.1) is 0 Å². The maximum Gasteiger partial charge on any atom is 0.407 e. The Bertz CT molecular complexity index is 242. The molecule has 1 amide bonds. The molecule has 0 radical (unpaired) electrons. The molecule has 0 saturated heterocycles. The molecule has 5 heteroatoms. The molecule has 1 saturated carbocycles. The minimum atomic E-state index is -0.792. The van der Waals surface area contributed by atoms with Crippen LogP contribution in [-0.4, -0.2) is 35.0 Å². The van der Waals surface area contributed by atoms with E-state index in [1.54, 1.807) is 0 Å². The van der Waals surface area contributed by atoms with Gasteiger partial charge in [-0.05, 0) is 33.6 Å². The minimum Gasteiger partial charge on any atom is -0.444 e. The number of hydrogen-bond acceptors (Lipinski definition) is 4. The third kappa shape index (κ3) is 3.68. The summed E-state index contributed by atoms with van der Waals surface area (Å²) in [6, 6.07) is -0.0200. The van der Waals surface area contributed by atoms with E-state index in [1.807, 2.05) is 20.8 Å². The average Bonchev–Trinajstić information content (AvgIpc) is 1.97. The second kappa shape index (κ2) is 3.98. The molecule has 1 aliphatic rings. The van der Waals surface area contributed by atoms with Gasteiger partial charge >= 0.3 is 6.09 Å². The number of nitrogens with one attached hydrogen (secondary N) is 1. The summed E-state index contributed by atoms with van der Waals surface area (Å²) in [5.41, 5.74) is 4.09. The quantitative estimate of drug-likeness (QED) is 0.622. The molecule has 1 aliphatic carbocycles. The first-order chi connectivity index (χ1) is 6.74. The average molecular weight is 216 g/mol. The van der Waals surface area contributed by atoms with E-state index in [0.717, 1.165) is 0 Å². The van der Waals surface area contributed by atoms with Crippen molar-refractivity contribution >= 4 is 6.09 Å². The van der Waals surface area contributed by atoms with Crippen LogP contribution in [0.2, 0.25) is 0 Å². The van der Waals surface area contributed by atoms with Gasteiger partial charge in [-0.2, -0.15) is 0 Å². The Morgan fingerprint density at radius 3 is 2.53 bits per heavy atom. The van der Waals surface area contributed by atoms with E-state index >= 15 is 0 Å². The van der Waals surface area contributed by atoms with Crippen molar-refractivity contribution in [2.24, 2.45) is 5.73 Å². The van der Waals surface area contributed by atoms with Gasteiger partial charge in [0, 0.05) is 12.6 Å². The van der Waals surface area contributed by atoms with Gasteiger partial charge < -0.3 is 20.9 Å². The second-order valence-electron chi connectivity index (χ2n) is 5.18. The number of aliphatic hydroxyl groups is 1. The Balaban J connectivity index is 2.25. The summed E-state index contributed by atoms with van der Waals surface area (Å²) in [6.45, 7) is 5.66. The highest BCUT2D eigenvalue weighted by Crippen LogP contribution is 2.31. The second-order valence-corrected chi connectivity index (χ2v) is 5.18. The van der Waals surface area contributed by atoms with Crippen LogP contribution in [-0.2, 0) is 4.74 Å². The van der Waals surface area contributed by atoms with Crippen molar-refractivity contribution in [2.45, 2.75) is 50.9 Å². The topological polar surface area (TPSA) is 84.6 Å². The fourth-order valence-corrected chi connectivity index (χ4v) is 1.60. The van der Waals surface area contributed by atoms with Gasteiger partial charge in [0.1, 0.15) is 5.60 Å². The molecule has 0 aromatic rings. The Morgan fingerprint density at radius 1 is 1.60 bits per heavy atom. The summed E-state index contributed by atoms with van der Waals surface area (Å²) < 4.78 is 5.08. The highest BCUT2D eigenvalue weighted by atomic mass is 16.6. The summed E-state index contributed by atoms with van der Waals surface area (Å²) in [7, 11) is 0. The number of rotatable bonds is 2. The molecule has 5 nitrogen and oxygen atoms in total. The molecule has 0 unspecified atom stereocenters. The number of alkyl carbamates (subject to hydrolysis) is 1. The molecule has 88 valence electrons. The Morgan fingerprint density at radius 2 is 2.13 bits per heavy atom. The lowest BCUT2D eigenvalue weighted by molar-refractivity contribution is -0.0488. The fraction of sp³-hybridized carbons (Fsp3) is 0.900. The number of hydrogen-bond donors (Lipinski definition) is 3. The van der Waals surface area contributed by atoms with E-state index in [-0.39, 0.29) is 12.6 Å². The molecule has 0 aromatic carbocycles. The number of ether oxygens (including phenoxy) is 1. The van der Waals surface area contributed by atoms with Crippen molar-refractivity contribution in [2.75, 3.05) is 6.54 Å². The molecule has 0 spiro atoms. The molecule has 0 heterocycles. The summed E-state index contributed by atoms with van der Waals surface area (Å²) in [6.07, 6.45) is 0.567. The van der Waals surface area contributed by atoms with Crippen LogP contribution in [0.4, 0.5) is 4.79 Å². The monoisotopic (exact) mass is 216 g/mol. The SMILES string of the molecule is CC(C)(C)OC(=O)NC1CC(O)(CN)C1. The van der Waals surface area contributed by atoms with Crippen LogP contribution < -0.4 is 11.1 Å². The van der Waals surface area contributed by atoms with Crippen molar-refractivity contribution in [1.82, 2.24) is 5.32 Å². The maximum atomic E-state index is 11.3. The summed E-state index contributed by atoms with van der Waals surface area (Å²) in [5.74, 6) is 0. The van der Waals surface area contributed by atoms with E-state index in [4.69, 9.17) is 10.5 Å². The lowest BCUT2D eigenvalue weighted by atomic mass is 9.76. The fourth-order valence-electron chi connectivity index (χ4n) is 1.60. The Kier molecular flexibility index (Phi) is 3.25. The first kappa shape index (κ1) is 12.3. The van der Waals surface area contributed by atoms with Crippen LogP contribution in [0.15, 0.2) is 0 Å². The first-order valence-electron chi connectivity index (χ1n) is 5.16. The van der Waals surface area contributed by atoms with E-state index in [2.05, 4.69) is 5.32 Å². The van der Waals surface area contributed by atoms with Gasteiger partial charge in [0.05, 0.1) is 5.60 Å². The molecular formula is C10H20N2O3. The lowest BCUT2D eigenvalue weighted by Crippen LogP contribution is -2.58. The van der Waals surface area contributed by atoms with Crippen LogP contribution >= 0.6 is 0 Å². The van der Waals surface area contributed by atoms with Crippen molar-refractivity contribution in [3.8, 4) is 0 Å². The molecule has 0 bridgehead atoms. The van der Waals surface area contributed by atoms with Crippen LogP contribution in [0, 0.1) is 0 Å². The van der Waals surface area contributed by atoms with E-state index in [1.165, 1.54) is 0 Å². The normalized spacial score (nSPS) is 30.6. The molecule has 1 fully saturated rings. The standard InChI is InChI=1S/C10H20N2O3/c1-9(2,3)15-8(13)12-7-4-10(14,5-7)6-11/h7,14H,4-6,11H2,1-3H3,(H,12,13). The molecule has 15 heavy (non-hydrogen) atoms. The summed E-state index contributed by atoms with van der Waals surface area (Å²) in [4.78, 5) is 11.3. The predicted molar refractivity (Wildman–Crippen MR) is 56.4 cm³/mol. The van der Waals surface area contributed by atoms with Crippen molar-refractivity contribution in [3.05, 3.63) is 0 Å². The van der Waals surface area contributed by atoms with E-state index in [0.29, 0.717) is 12.8 Å². The third-order valence-electron chi connectivity index (χ3n) is 2.35. The van der Waals surface area contributed by atoms with Crippen LogP contribution in [0.25, 0.3) is 0 Å². The van der Waals surface area contributed by atoms with Gasteiger partial charge in [-0.25, -0.2) is 4.79 Å². The molecule has 0 aliphatic heterocycles. The summed E-state index contributed by atoms with van der Waals surface area (Å²) >= 11 is 0. The van der Waals surface area contributed by atoms with Gasteiger partial charge in [0.2, 0.25) is 0 Å². The number of carbonyl (C=O) groups excluding carboxylic acids is 1. The van der Waals surface area contributed by atoms with Crippen LogP contribution in [0.3, 0.4) is 0 Å². The zero-order chi connectivity index (χ0) is 11.7. The van der Waals surface area contributed by atoms with E-state index < -0.39 is 17.3 Å². The first-order valence-corrected chi connectivity index (χ1v) is 5.16. The van der Waals surface area contributed by atoms with Gasteiger partial charge in [0.25, 0.3) is 0 Å². The summed E-state index contributed by atoms with van der Waals surface area (Å²) in [5, 5.41) is 12.3. The molecular weight excluding hydrogens is 196 g/mol. The highest BCUT2D eigenvalue weighted by Gasteiger charge is 2.42. The van der Waals surface area contributed by atoms with Crippen molar-refractivity contribution in [1.29, 1.82) is 0 Å². The van der Waals surface area contributed by atoms with Crippen LogP contribution in [0.5, 0.6) is 0 Å². The third-order valence-corrected chi connectivity index (χ3v) is 2.35. The Labute approximate surface area is 90.0 Å². The predicted octanol–water partition coefficient (Wildman–Crippen LogP) is 0.363.